The van der Waals surface area contributed by atoms with E-state index in [1.54, 1.807) is 6.07 Å². The Bertz CT molecular complexity index is 573. The van der Waals surface area contributed by atoms with Gasteiger partial charge in [-0.1, -0.05) is 6.42 Å². The maximum atomic E-state index is 12.5. The number of carboxylic acid groups (broad SMARTS) is 1. The van der Waals surface area contributed by atoms with Crippen molar-refractivity contribution in [2.45, 2.75) is 32.2 Å². The van der Waals surface area contributed by atoms with Crippen LogP contribution in [0.15, 0.2) is 18.2 Å². The second-order valence-corrected chi connectivity index (χ2v) is 5.59. The van der Waals surface area contributed by atoms with Gasteiger partial charge in [-0.15, -0.1) is 0 Å². The first kappa shape index (κ1) is 15.3. The lowest BCUT2D eigenvalue weighted by atomic mass is 9.84. The number of nitrogens with one attached hydrogen (secondary N) is 1. The van der Waals surface area contributed by atoms with Crippen molar-refractivity contribution in [3.8, 4) is 5.75 Å². The molecule has 0 heterocycles. The molecule has 0 saturated heterocycles. The van der Waals surface area contributed by atoms with Crippen LogP contribution in [-0.2, 0) is 4.79 Å². The van der Waals surface area contributed by atoms with E-state index >= 15 is 0 Å². The number of ether oxygens (including phenoxy) is 1. The fraction of sp³-hybridized carbons (Fsp3) is 0.467. The highest BCUT2D eigenvalue weighted by Gasteiger charge is 2.43. The molecule has 2 atom stereocenters. The minimum atomic E-state index is -1.12. The number of nitrogens with two attached hydrogens (primary N) is 1. The Hall–Kier alpha value is -2.08. The molecule has 6 heteroatoms. The van der Waals surface area contributed by atoms with E-state index in [-0.39, 0.29) is 23.2 Å². The Kier molecular flexibility index (Phi) is 4.18. The summed E-state index contributed by atoms with van der Waals surface area (Å²) in [4.78, 5) is 23.8. The first-order chi connectivity index (χ1) is 9.88. The lowest BCUT2D eigenvalue weighted by molar-refractivity contribution is -0.125. The van der Waals surface area contributed by atoms with Gasteiger partial charge < -0.3 is 20.9 Å². The van der Waals surface area contributed by atoms with Gasteiger partial charge in [0.1, 0.15) is 5.75 Å². The number of carboxylic acids is 1. The Balaban J connectivity index is 2.27. The smallest absolute Gasteiger partial charge is 0.337 e. The molecule has 4 N–H and O–H groups in total. The third kappa shape index (κ3) is 2.85. The number of anilines is 1. The highest BCUT2D eigenvalue weighted by atomic mass is 16.5. The monoisotopic (exact) mass is 292 g/mol. The molecular formula is C15H20N2O4. The SMILES string of the molecule is COc1ccc(NC(=O)C2(C)CCCC2N)c(C(=O)O)c1. The van der Waals surface area contributed by atoms with Crippen LogP contribution in [0.25, 0.3) is 0 Å². The van der Waals surface area contributed by atoms with Crippen molar-refractivity contribution in [3.63, 3.8) is 0 Å². The summed E-state index contributed by atoms with van der Waals surface area (Å²) in [5, 5.41) is 11.9. The predicted octanol–water partition coefficient (Wildman–Crippen LogP) is 1.85. The van der Waals surface area contributed by atoms with Gasteiger partial charge in [-0.05, 0) is 38.0 Å². The van der Waals surface area contributed by atoms with Gasteiger partial charge in [0.15, 0.2) is 0 Å². The summed E-state index contributed by atoms with van der Waals surface area (Å²) in [6.45, 7) is 1.82. The molecular weight excluding hydrogens is 272 g/mol. The number of aromatic carboxylic acids is 1. The van der Waals surface area contributed by atoms with Crippen LogP contribution >= 0.6 is 0 Å². The number of amides is 1. The largest absolute Gasteiger partial charge is 0.497 e. The van der Waals surface area contributed by atoms with Crippen molar-refractivity contribution in [3.05, 3.63) is 23.8 Å². The van der Waals surface area contributed by atoms with Crippen LogP contribution in [0.4, 0.5) is 5.69 Å². The maximum absolute atomic E-state index is 12.5. The zero-order chi connectivity index (χ0) is 15.6. The molecule has 1 aromatic rings. The summed E-state index contributed by atoms with van der Waals surface area (Å²) in [7, 11) is 1.46. The van der Waals surface area contributed by atoms with Gasteiger partial charge in [0.05, 0.1) is 23.8 Å². The molecule has 0 bridgehead atoms. The number of methoxy groups -OCH3 is 1. The van der Waals surface area contributed by atoms with E-state index in [0.717, 1.165) is 12.8 Å². The molecule has 114 valence electrons. The van der Waals surface area contributed by atoms with Gasteiger partial charge in [-0.2, -0.15) is 0 Å². The summed E-state index contributed by atoms with van der Waals surface area (Å²) in [5.74, 6) is -0.931. The van der Waals surface area contributed by atoms with Crippen LogP contribution in [0.1, 0.15) is 36.5 Å². The van der Waals surface area contributed by atoms with Crippen LogP contribution in [0.3, 0.4) is 0 Å². The van der Waals surface area contributed by atoms with E-state index < -0.39 is 11.4 Å². The molecule has 1 aliphatic carbocycles. The first-order valence-corrected chi connectivity index (χ1v) is 6.87. The zero-order valence-electron chi connectivity index (χ0n) is 12.2. The van der Waals surface area contributed by atoms with Crippen molar-refractivity contribution in [2.75, 3.05) is 12.4 Å². The van der Waals surface area contributed by atoms with E-state index in [1.165, 1.54) is 19.2 Å². The topological polar surface area (TPSA) is 102 Å². The van der Waals surface area contributed by atoms with Crippen molar-refractivity contribution in [1.29, 1.82) is 0 Å². The quantitative estimate of drug-likeness (QED) is 0.786. The number of carbonyl (C=O) groups excluding carboxylic acids is 1. The van der Waals surface area contributed by atoms with Gasteiger partial charge in [0, 0.05) is 6.04 Å². The van der Waals surface area contributed by atoms with Gasteiger partial charge in [-0.25, -0.2) is 4.79 Å². The minimum absolute atomic E-state index is 0.00197. The molecule has 1 amide bonds. The van der Waals surface area contributed by atoms with Crippen LogP contribution in [0.5, 0.6) is 5.75 Å². The van der Waals surface area contributed by atoms with Crippen LogP contribution in [-0.4, -0.2) is 30.1 Å². The van der Waals surface area contributed by atoms with E-state index in [1.807, 2.05) is 6.92 Å². The van der Waals surface area contributed by atoms with E-state index in [4.69, 9.17) is 10.5 Å². The van der Waals surface area contributed by atoms with E-state index in [9.17, 15) is 14.7 Å². The third-order valence-corrected chi connectivity index (χ3v) is 4.25. The molecule has 1 fully saturated rings. The number of hydrogen-bond donors (Lipinski definition) is 3. The normalized spacial score (nSPS) is 24.6. The summed E-state index contributed by atoms with van der Waals surface area (Å²) < 4.78 is 5.01. The Morgan fingerprint density at radius 2 is 2.19 bits per heavy atom. The van der Waals surface area contributed by atoms with Crippen molar-refractivity contribution in [1.82, 2.24) is 0 Å². The molecule has 6 nitrogen and oxygen atoms in total. The molecule has 1 aliphatic rings. The highest BCUT2D eigenvalue weighted by molar-refractivity contribution is 6.02. The maximum Gasteiger partial charge on any atom is 0.337 e. The van der Waals surface area contributed by atoms with Crippen molar-refractivity contribution < 1.29 is 19.4 Å². The summed E-state index contributed by atoms with van der Waals surface area (Å²) in [6.07, 6.45) is 2.41. The fourth-order valence-electron chi connectivity index (χ4n) is 2.68. The minimum Gasteiger partial charge on any atom is -0.497 e. The second-order valence-electron chi connectivity index (χ2n) is 5.59. The molecule has 1 aromatic carbocycles. The van der Waals surface area contributed by atoms with E-state index in [0.29, 0.717) is 12.2 Å². The van der Waals surface area contributed by atoms with E-state index in [2.05, 4.69) is 5.32 Å². The van der Waals surface area contributed by atoms with Crippen LogP contribution in [0, 0.1) is 5.41 Å². The molecule has 2 rings (SSSR count). The third-order valence-electron chi connectivity index (χ3n) is 4.25. The molecule has 0 radical (unpaired) electrons. The number of rotatable bonds is 4. The van der Waals surface area contributed by atoms with Crippen LogP contribution in [0.2, 0.25) is 0 Å². The molecule has 2 unspecified atom stereocenters. The average molecular weight is 292 g/mol. The highest BCUT2D eigenvalue weighted by Crippen LogP contribution is 2.38. The molecule has 0 aliphatic heterocycles. The van der Waals surface area contributed by atoms with Crippen molar-refractivity contribution in [2.24, 2.45) is 11.1 Å². The second kappa shape index (κ2) is 5.73. The van der Waals surface area contributed by atoms with Gasteiger partial charge in [0.2, 0.25) is 5.91 Å². The Morgan fingerprint density at radius 3 is 2.71 bits per heavy atom. The summed E-state index contributed by atoms with van der Waals surface area (Å²) >= 11 is 0. The number of benzene rings is 1. The van der Waals surface area contributed by atoms with Crippen LogP contribution < -0.4 is 15.8 Å². The van der Waals surface area contributed by atoms with Crippen molar-refractivity contribution >= 4 is 17.6 Å². The molecule has 0 spiro atoms. The van der Waals surface area contributed by atoms with Gasteiger partial charge in [-0.3, -0.25) is 4.79 Å². The summed E-state index contributed by atoms with van der Waals surface area (Å²) in [6, 6.07) is 4.32. The lowest BCUT2D eigenvalue weighted by Crippen LogP contribution is -2.44. The van der Waals surface area contributed by atoms with Gasteiger partial charge in [0.25, 0.3) is 0 Å². The number of hydrogen-bond acceptors (Lipinski definition) is 4. The Labute approximate surface area is 123 Å². The first-order valence-electron chi connectivity index (χ1n) is 6.87. The zero-order valence-corrected chi connectivity index (χ0v) is 12.2. The molecule has 1 saturated carbocycles. The lowest BCUT2D eigenvalue weighted by Gasteiger charge is -2.27. The average Bonchev–Trinajstić information content (AvgIpc) is 2.80. The molecule has 21 heavy (non-hydrogen) atoms. The predicted molar refractivity (Wildman–Crippen MR) is 78.5 cm³/mol. The standard InChI is InChI=1S/C15H20N2O4/c1-15(7-3-4-12(15)16)14(20)17-11-6-5-9(21-2)8-10(11)13(18)19/h5-6,8,12H,3-4,7,16H2,1-2H3,(H,17,20)(H,18,19). The van der Waals surface area contributed by atoms with Gasteiger partial charge >= 0.3 is 5.97 Å². The fourth-order valence-corrected chi connectivity index (χ4v) is 2.68. The Morgan fingerprint density at radius 1 is 1.48 bits per heavy atom. The summed E-state index contributed by atoms with van der Waals surface area (Å²) in [5.41, 5.74) is 5.61. The number of carbonyl (C=O) groups is 2. The molecule has 0 aromatic heterocycles.